The number of likely N-dealkylation sites (tertiary alicyclic amines) is 1. The monoisotopic (exact) mass is 484 g/mol. The molecule has 0 bridgehead atoms. The molecule has 0 saturated carbocycles. The van der Waals surface area contributed by atoms with Gasteiger partial charge in [-0.15, -0.1) is 0 Å². The van der Waals surface area contributed by atoms with Crippen molar-refractivity contribution in [3.8, 4) is 11.3 Å². The van der Waals surface area contributed by atoms with Gasteiger partial charge in [0.05, 0.1) is 37.7 Å². The van der Waals surface area contributed by atoms with E-state index in [-0.39, 0.29) is 43.2 Å². The molecule has 2 aliphatic heterocycles. The van der Waals surface area contributed by atoms with E-state index in [1.807, 2.05) is 50.6 Å². The van der Waals surface area contributed by atoms with E-state index in [1.165, 1.54) is 4.90 Å². The Morgan fingerprint density at radius 3 is 2.63 bits per heavy atom. The van der Waals surface area contributed by atoms with E-state index in [0.717, 1.165) is 34.5 Å². The molecule has 0 spiro atoms. The molecular formula is C26H36N4O5. The standard InChI is InChI=1S/C26H36N4O5/c1-5-30-23(8-9-27-30)19-7-6-18(20-13-35-14-21(19)20)22(12-31)28-25(33)24-10-17(32)11-29(24)26(34)16(4)15(2)3/h6-9,15-17,22,24,31-32H,5,10-14H2,1-4H3,(H,28,33). The third kappa shape index (κ3) is 4.85. The molecular weight excluding hydrogens is 448 g/mol. The zero-order valence-electron chi connectivity index (χ0n) is 20.9. The van der Waals surface area contributed by atoms with Gasteiger partial charge in [0, 0.05) is 37.2 Å². The molecule has 2 aliphatic rings. The lowest BCUT2D eigenvalue weighted by Gasteiger charge is -2.29. The second-order valence-electron chi connectivity index (χ2n) is 9.86. The summed E-state index contributed by atoms with van der Waals surface area (Å²) in [5, 5.41) is 27.8. The van der Waals surface area contributed by atoms with Crippen LogP contribution >= 0.6 is 0 Å². The zero-order chi connectivity index (χ0) is 25.3. The Balaban J connectivity index is 1.58. The van der Waals surface area contributed by atoms with Crippen LogP contribution < -0.4 is 5.32 Å². The molecule has 35 heavy (non-hydrogen) atoms. The summed E-state index contributed by atoms with van der Waals surface area (Å²) in [5.41, 5.74) is 4.81. The molecule has 1 aromatic carbocycles. The van der Waals surface area contributed by atoms with Gasteiger partial charge in [0.25, 0.3) is 0 Å². The highest BCUT2D eigenvalue weighted by molar-refractivity contribution is 5.89. The van der Waals surface area contributed by atoms with Crippen molar-refractivity contribution in [3.63, 3.8) is 0 Å². The van der Waals surface area contributed by atoms with Crippen molar-refractivity contribution in [1.82, 2.24) is 20.0 Å². The number of aryl methyl sites for hydroxylation is 1. The van der Waals surface area contributed by atoms with Gasteiger partial charge in [-0.25, -0.2) is 0 Å². The molecule has 0 radical (unpaired) electrons. The Morgan fingerprint density at radius 2 is 1.94 bits per heavy atom. The number of benzene rings is 1. The van der Waals surface area contributed by atoms with Crippen LogP contribution in [0.25, 0.3) is 11.3 Å². The first kappa shape index (κ1) is 25.3. The molecule has 2 aromatic rings. The van der Waals surface area contributed by atoms with Crippen LogP contribution in [0.2, 0.25) is 0 Å². The molecule has 0 aliphatic carbocycles. The Bertz CT molecular complexity index is 1080. The Labute approximate surface area is 206 Å². The second-order valence-corrected chi connectivity index (χ2v) is 9.86. The lowest BCUT2D eigenvalue weighted by Crippen LogP contribution is -2.49. The van der Waals surface area contributed by atoms with Crippen molar-refractivity contribution in [1.29, 1.82) is 0 Å². The number of nitrogens with one attached hydrogen (secondary N) is 1. The predicted molar refractivity (Wildman–Crippen MR) is 130 cm³/mol. The minimum absolute atomic E-state index is 0.124. The van der Waals surface area contributed by atoms with E-state index in [0.29, 0.717) is 13.2 Å². The van der Waals surface area contributed by atoms with E-state index in [2.05, 4.69) is 10.4 Å². The summed E-state index contributed by atoms with van der Waals surface area (Å²) in [6, 6.07) is 4.46. The summed E-state index contributed by atoms with van der Waals surface area (Å²) in [5.74, 6) is -0.637. The third-order valence-electron chi connectivity index (χ3n) is 7.38. The number of rotatable bonds is 8. The van der Waals surface area contributed by atoms with Crippen molar-refractivity contribution in [2.45, 2.75) is 72.1 Å². The van der Waals surface area contributed by atoms with Gasteiger partial charge < -0.3 is 25.2 Å². The highest BCUT2D eigenvalue weighted by Gasteiger charge is 2.41. The maximum atomic E-state index is 13.3. The van der Waals surface area contributed by atoms with Crippen LogP contribution in [-0.2, 0) is 34.1 Å². The predicted octanol–water partition coefficient (Wildman–Crippen LogP) is 2.00. The molecule has 2 amide bonds. The molecule has 3 heterocycles. The van der Waals surface area contributed by atoms with Gasteiger partial charge in [0.2, 0.25) is 11.8 Å². The Hall–Kier alpha value is -2.75. The molecule has 190 valence electrons. The van der Waals surface area contributed by atoms with Crippen LogP contribution in [0.5, 0.6) is 0 Å². The summed E-state index contributed by atoms with van der Waals surface area (Å²) in [6.45, 7) is 9.24. The summed E-state index contributed by atoms with van der Waals surface area (Å²) in [4.78, 5) is 27.8. The molecule has 9 nitrogen and oxygen atoms in total. The number of amides is 2. The molecule has 4 atom stereocenters. The molecule has 1 saturated heterocycles. The molecule has 4 rings (SSSR count). The first-order valence-corrected chi connectivity index (χ1v) is 12.4. The van der Waals surface area contributed by atoms with Gasteiger partial charge in [-0.2, -0.15) is 5.10 Å². The average molecular weight is 485 g/mol. The molecule has 3 N–H and O–H groups in total. The van der Waals surface area contributed by atoms with E-state index >= 15 is 0 Å². The number of hydrogen-bond acceptors (Lipinski definition) is 6. The van der Waals surface area contributed by atoms with E-state index in [4.69, 9.17) is 4.74 Å². The van der Waals surface area contributed by atoms with Gasteiger partial charge in [0.1, 0.15) is 6.04 Å². The largest absolute Gasteiger partial charge is 0.394 e. The number of aliphatic hydroxyl groups excluding tert-OH is 2. The van der Waals surface area contributed by atoms with Crippen LogP contribution in [-0.4, -0.2) is 62.0 Å². The second kappa shape index (κ2) is 10.5. The maximum Gasteiger partial charge on any atom is 0.243 e. The van der Waals surface area contributed by atoms with Crippen LogP contribution in [0.3, 0.4) is 0 Å². The van der Waals surface area contributed by atoms with Gasteiger partial charge in [0.15, 0.2) is 0 Å². The smallest absolute Gasteiger partial charge is 0.243 e. The fourth-order valence-corrected chi connectivity index (χ4v) is 5.02. The van der Waals surface area contributed by atoms with Gasteiger partial charge in [-0.3, -0.25) is 14.3 Å². The lowest BCUT2D eigenvalue weighted by molar-refractivity contribution is -0.142. The normalized spacial score (nSPS) is 21.3. The van der Waals surface area contributed by atoms with Crippen LogP contribution in [0.4, 0.5) is 0 Å². The van der Waals surface area contributed by atoms with Crippen LogP contribution in [0.1, 0.15) is 56.8 Å². The summed E-state index contributed by atoms with van der Waals surface area (Å²) in [7, 11) is 0. The number of hydrogen-bond donors (Lipinski definition) is 3. The first-order chi connectivity index (χ1) is 16.8. The summed E-state index contributed by atoms with van der Waals surface area (Å²) >= 11 is 0. The van der Waals surface area contributed by atoms with Gasteiger partial charge in [-0.1, -0.05) is 32.9 Å². The molecule has 1 fully saturated rings. The fourth-order valence-electron chi connectivity index (χ4n) is 5.02. The molecule has 1 aromatic heterocycles. The SMILES string of the molecule is CCn1nccc1-c1ccc(C(CO)NC(=O)C2CC(O)CN2C(=O)C(C)C(C)C)c2c1COC2. The Kier molecular flexibility index (Phi) is 7.59. The van der Waals surface area contributed by atoms with Gasteiger partial charge in [-0.05, 0) is 35.6 Å². The fraction of sp³-hybridized carbons (Fsp3) is 0.577. The topological polar surface area (TPSA) is 117 Å². The van der Waals surface area contributed by atoms with Crippen molar-refractivity contribution in [2.24, 2.45) is 11.8 Å². The maximum absolute atomic E-state index is 13.3. The zero-order valence-corrected chi connectivity index (χ0v) is 20.9. The first-order valence-electron chi connectivity index (χ1n) is 12.4. The highest BCUT2D eigenvalue weighted by atomic mass is 16.5. The minimum Gasteiger partial charge on any atom is -0.394 e. The average Bonchev–Trinajstić information content (AvgIpc) is 3.60. The number of nitrogens with zero attached hydrogens (tertiary/aromatic N) is 3. The molecule has 4 unspecified atom stereocenters. The molecule has 9 heteroatoms. The van der Waals surface area contributed by atoms with E-state index < -0.39 is 18.2 Å². The summed E-state index contributed by atoms with van der Waals surface area (Å²) in [6.07, 6.45) is 1.21. The number of carbonyl (C=O) groups excluding carboxylic acids is 2. The quantitative estimate of drug-likeness (QED) is 0.528. The Morgan fingerprint density at radius 1 is 1.20 bits per heavy atom. The van der Waals surface area contributed by atoms with Crippen molar-refractivity contribution in [2.75, 3.05) is 13.2 Å². The minimum atomic E-state index is -0.768. The summed E-state index contributed by atoms with van der Waals surface area (Å²) < 4.78 is 7.69. The number of carbonyl (C=O) groups is 2. The van der Waals surface area contributed by atoms with Crippen LogP contribution in [0, 0.1) is 11.8 Å². The number of β-amino-alcohol motifs (C(OH)–C–C–N with tert-alkyl or cyclic N) is 1. The lowest BCUT2D eigenvalue weighted by atomic mass is 9.92. The third-order valence-corrected chi connectivity index (χ3v) is 7.38. The number of ether oxygens (including phenoxy) is 1. The van der Waals surface area contributed by atoms with Gasteiger partial charge >= 0.3 is 0 Å². The van der Waals surface area contributed by atoms with Crippen LogP contribution in [0.15, 0.2) is 24.4 Å². The van der Waals surface area contributed by atoms with Crippen molar-refractivity contribution >= 4 is 11.8 Å². The van der Waals surface area contributed by atoms with Crippen molar-refractivity contribution < 1.29 is 24.5 Å². The van der Waals surface area contributed by atoms with E-state index in [9.17, 15) is 19.8 Å². The highest BCUT2D eigenvalue weighted by Crippen LogP contribution is 2.36. The van der Waals surface area contributed by atoms with Crippen molar-refractivity contribution in [3.05, 3.63) is 41.1 Å². The number of aromatic nitrogens is 2. The van der Waals surface area contributed by atoms with E-state index in [1.54, 1.807) is 6.20 Å². The number of fused-ring (bicyclic) bond motifs is 1. The number of aliphatic hydroxyl groups is 2.